The van der Waals surface area contributed by atoms with Gasteiger partial charge in [-0.1, -0.05) is 12.1 Å². The summed E-state index contributed by atoms with van der Waals surface area (Å²) in [5.74, 6) is -0.285. The lowest BCUT2D eigenvalue weighted by atomic mass is 10.1. The molecular weight excluding hydrogens is 351 g/mol. The van der Waals surface area contributed by atoms with Crippen LogP contribution in [0.4, 0.5) is 35.9 Å². The quantitative estimate of drug-likeness (QED) is 0.593. The Bertz CT molecular complexity index is 883. The predicted molar refractivity (Wildman–Crippen MR) is 89.6 cm³/mol. The van der Waals surface area contributed by atoms with Gasteiger partial charge in [0, 0.05) is 32.1 Å². The van der Waals surface area contributed by atoms with Crippen molar-refractivity contribution >= 4 is 28.7 Å². The van der Waals surface area contributed by atoms with Crippen LogP contribution in [0.3, 0.4) is 0 Å². The smallest absolute Gasteiger partial charge is 0.339 e. The molecule has 0 aromatic heterocycles. The fourth-order valence-corrected chi connectivity index (χ4v) is 2.95. The third-order valence-corrected chi connectivity index (χ3v) is 4.25. The summed E-state index contributed by atoms with van der Waals surface area (Å²) in [6.45, 7) is -0.0234. The van der Waals surface area contributed by atoms with Crippen molar-refractivity contribution in [2.45, 2.75) is 12.6 Å². The fourth-order valence-electron chi connectivity index (χ4n) is 2.95. The van der Waals surface area contributed by atoms with Gasteiger partial charge in [0.05, 0.1) is 27.5 Å². The molecule has 0 bridgehead atoms. The highest BCUT2D eigenvalue weighted by molar-refractivity contribution is 5.99. The minimum absolute atomic E-state index is 0.0226. The Morgan fingerprint density at radius 3 is 2.42 bits per heavy atom. The van der Waals surface area contributed by atoms with Crippen molar-refractivity contribution in [2.75, 3.05) is 23.4 Å². The zero-order valence-corrected chi connectivity index (χ0v) is 13.7. The zero-order chi connectivity index (χ0) is 19.1. The Hall–Kier alpha value is -3.10. The first-order valence-electron chi connectivity index (χ1n) is 7.69. The van der Waals surface area contributed by atoms with E-state index < -0.39 is 16.7 Å². The normalized spacial score (nSPS) is 14.8. The first-order valence-corrected chi connectivity index (χ1v) is 7.69. The number of benzene rings is 2. The molecule has 0 atom stereocenters. The van der Waals surface area contributed by atoms with Gasteiger partial charge in [-0.2, -0.15) is 13.2 Å². The van der Waals surface area contributed by atoms with Crippen molar-refractivity contribution in [3.05, 3.63) is 58.1 Å². The molecule has 0 saturated carbocycles. The molecule has 0 spiro atoms. The number of nitro benzene ring substituents is 1. The van der Waals surface area contributed by atoms with Gasteiger partial charge in [0.25, 0.3) is 5.69 Å². The third kappa shape index (κ3) is 3.07. The SMILES string of the molecule is CN1C(=O)CCN(c2ccccc2C(F)(F)F)c2cc([N+](=O)[O-])ccc21. The molecule has 0 saturated heterocycles. The molecule has 0 unspecified atom stereocenters. The average molecular weight is 365 g/mol. The molecule has 0 fully saturated rings. The number of nitrogens with zero attached hydrogens (tertiary/aromatic N) is 3. The number of halogens is 3. The number of non-ortho nitro benzene ring substituents is 1. The fraction of sp³-hybridized carbons (Fsp3) is 0.235. The Balaban J connectivity index is 2.24. The lowest BCUT2D eigenvalue weighted by molar-refractivity contribution is -0.384. The molecule has 26 heavy (non-hydrogen) atoms. The highest BCUT2D eigenvalue weighted by atomic mass is 19.4. The standard InChI is InChI=1S/C17H14F3N3O3/c1-21-14-7-6-11(23(25)26)10-15(14)22(9-8-16(21)24)13-5-3-2-4-12(13)17(18,19)20/h2-7,10H,8-9H2,1H3. The van der Waals surface area contributed by atoms with E-state index >= 15 is 0 Å². The number of anilines is 3. The van der Waals surface area contributed by atoms with Crippen LogP contribution in [-0.4, -0.2) is 24.4 Å². The van der Waals surface area contributed by atoms with Crippen LogP contribution in [0.1, 0.15) is 12.0 Å². The van der Waals surface area contributed by atoms with Crippen LogP contribution in [0.25, 0.3) is 0 Å². The number of rotatable bonds is 2. The maximum Gasteiger partial charge on any atom is 0.418 e. The second-order valence-corrected chi connectivity index (χ2v) is 5.80. The molecule has 1 aliphatic rings. The molecule has 0 aliphatic carbocycles. The highest BCUT2D eigenvalue weighted by Gasteiger charge is 2.36. The van der Waals surface area contributed by atoms with E-state index in [0.717, 1.165) is 6.07 Å². The number of alkyl halides is 3. The molecule has 1 amide bonds. The molecule has 3 rings (SSSR count). The van der Waals surface area contributed by atoms with Gasteiger partial charge < -0.3 is 9.80 Å². The van der Waals surface area contributed by atoms with Crippen LogP contribution in [0.15, 0.2) is 42.5 Å². The number of hydrogen-bond donors (Lipinski definition) is 0. The largest absolute Gasteiger partial charge is 0.418 e. The average Bonchev–Trinajstić information content (AvgIpc) is 2.71. The Kier molecular flexibility index (Phi) is 4.31. The van der Waals surface area contributed by atoms with E-state index in [2.05, 4.69) is 0 Å². The number of nitro groups is 1. The van der Waals surface area contributed by atoms with Gasteiger partial charge in [-0.25, -0.2) is 0 Å². The summed E-state index contributed by atoms with van der Waals surface area (Å²) >= 11 is 0. The first-order chi connectivity index (χ1) is 12.2. The summed E-state index contributed by atoms with van der Waals surface area (Å²) in [4.78, 5) is 25.3. The van der Waals surface area contributed by atoms with Crippen LogP contribution in [0.2, 0.25) is 0 Å². The second kappa shape index (κ2) is 6.32. The topological polar surface area (TPSA) is 66.7 Å². The first kappa shape index (κ1) is 17.7. The summed E-state index contributed by atoms with van der Waals surface area (Å²) in [5.41, 5.74) is -0.778. The van der Waals surface area contributed by atoms with Gasteiger partial charge in [0.15, 0.2) is 0 Å². The van der Waals surface area contributed by atoms with Gasteiger partial charge >= 0.3 is 6.18 Å². The summed E-state index contributed by atoms with van der Waals surface area (Å²) in [5, 5.41) is 11.1. The molecule has 6 nitrogen and oxygen atoms in total. The van der Waals surface area contributed by atoms with Gasteiger partial charge in [-0.3, -0.25) is 14.9 Å². The Morgan fingerprint density at radius 2 is 1.77 bits per heavy atom. The van der Waals surface area contributed by atoms with Crippen molar-refractivity contribution in [3.63, 3.8) is 0 Å². The molecule has 9 heteroatoms. The summed E-state index contributed by atoms with van der Waals surface area (Å²) in [6.07, 6.45) is -4.62. The molecule has 0 N–H and O–H groups in total. The maximum absolute atomic E-state index is 13.4. The predicted octanol–water partition coefficient (Wildman–Crippen LogP) is 4.12. The van der Waals surface area contributed by atoms with Crippen LogP contribution < -0.4 is 9.80 Å². The number of amides is 1. The van der Waals surface area contributed by atoms with E-state index in [1.54, 1.807) is 0 Å². The lowest BCUT2D eigenvalue weighted by Crippen LogP contribution is -2.25. The van der Waals surface area contributed by atoms with Crippen LogP contribution in [0, 0.1) is 10.1 Å². The van der Waals surface area contributed by atoms with E-state index in [4.69, 9.17) is 0 Å². The number of carbonyl (C=O) groups is 1. The molecule has 2 aromatic rings. The summed E-state index contributed by atoms with van der Waals surface area (Å²) in [7, 11) is 1.49. The number of carbonyl (C=O) groups excluding carboxylic acids is 1. The molecule has 2 aromatic carbocycles. The van der Waals surface area contributed by atoms with E-state index in [-0.39, 0.29) is 35.9 Å². The van der Waals surface area contributed by atoms with Crippen molar-refractivity contribution < 1.29 is 22.9 Å². The molecular formula is C17H14F3N3O3. The van der Waals surface area contributed by atoms with E-state index in [0.29, 0.717) is 5.69 Å². The van der Waals surface area contributed by atoms with Gasteiger partial charge in [-0.05, 0) is 18.2 Å². The monoisotopic (exact) mass is 365 g/mol. The minimum Gasteiger partial charge on any atom is -0.339 e. The summed E-state index contributed by atoms with van der Waals surface area (Å²) in [6, 6.07) is 8.76. The number of hydrogen-bond acceptors (Lipinski definition) is 4. The van der Waals surface area contributed by atoms with Gasteiger partial charge in [0.2, 0.25) is 5.91 Å². The molecule has 1 heterocycles. The van der Waals surface area contributed by atoms with E-state index in [1.807, 2.05) is 0 Å². The van der Waals surface area contributed by atoms with Crippen LogP contribution >= 0.6 is 0 Å². The van der Waals surface area contributed by atoms with Crippen molar-refractivity contribution in [2.24, 2.45) is 0 Å². The van der Waals surface area contributed by atoms with Crippen LogP contribution in [-0.2, 0) is 11.0 Å². The second-order valence-electron chi connectivity index (χ2n) is 5.80. The van der Waals surface area contributed by atoms with Crippen molar-refractivity contribution in [1.29, 1.82) is 0 Å². The van der Waals surface area contributed by atoms with Gasteiger partial charge in [-0.15, -0.1) is 0 Å². The Labute approximate surface area is 146 Å². The molecule has 0 radical (unpaired) electrons. The number of para-hydroxylation sites is 1. The highest BCUT2D eigenvalue weighted by Crippen LogP contribution is 2.43. The van der Waals surface area contributed by atoms with E-state index in [9.17, 15) is 28.1 Å². The van der Waals surface area contributed by atoms with Crippen LogP contribution in [0.5, 0.6) is 0 Å². The maximum atomic E-state index is 13.4. The minimum atomic E-state index is -4.60. The van der Waals surface area contributed by atoms with Crippen molar-refractivity contribution in [1.82, 2.24) is 0 Å². The molecule has 1 aliphatic heterocycles. The van der Waals surface area contributed by atoms with Gasteiger partial charge in [0.1, 0.15) is 0 Å². The van der Waals surface area contributed by atoms with E-state index in [1.165, 1.54) is 53.2 Å². The summed E-state index contributed by atoms with van der Waals surface area (Å²) < 4.78 is 40.3. The Morgan fingerprint density at radius 1 is 1.08 bits per heavy atom. The van der Waals surface area contributed by atoms with Crippen molar-refractivity contribution in [3.8, 4) is 0 Å². The number of fused-ring (bicyclic) bond motifs is 1. The lowest BCUT2D eigenvalue weighted by Gasteiger charge is -2.27. The zero-order valence-electron chi connectivity index (χ0n) is 13.7. The third-order valence-electron chi connectivity index (χ3n) is 4.25. The molecule has 136 valence electrons.